The molecule has 0 radical (unpaired) electrons. The molecule has 0 aliphatic rings. The predicted molar refractivity (Wildman–Crippen MR) is 76.0 cm³/mol. The first-order valence-corrected chi connectivity index (χ1v) is 6.66. The van der Waals surface area contributed by atoms with Gasteiger partial charge in [-0.15, -0.1) is 0 Å². The van der Waals surface area contributed by atoms with Crippen LogP contribution in [0.5, 0.6) is 0 Å². The molecule has 2 aromatic rings. The number of hydrogen-bond donors (Lipinski definition) is 1. The van der Waals surface area contributed by atoms with Crippen molar-refractivity contribution >= 4 is 37.5 Å². The maximum absolute atomic E-state index is 13.4. The lowest BCUT2D eigenvalue weighted by Gasteiger charge is -2.09. The lowest BCUT2D eigenvalue weighted by atomic mass is 10.2. The van der Waals surface area contributed by atoms with Crippen molar-refractivity contribution in [1.29, 1.82) is 0 Å². The second-order valence-corrected chi connectivity index (χ2v) is 5.41. The van der Waals surface area contributed by atoms with E-state index in [4.69, 9.17) is 5.73 Å². The number of pyridine rings is 1. The largest absolute Gasteiger partial charge is 0.398 e. The molecule has 0 aliphatic heterocycles. The number of aromatic nitrogens is 1. The molecule has 0 fully saturated rings. The molecule has 1 aromatic heterocycles. The molecule has 3 nitrogen and oxygen atoms in total. The maximum atomic E-state index is 13.4. The smallest absolute Gasteiger partial charge is 0.265 e. The average molecular weight is 376 g/mol. The number of nitrogen functional groups attached to an aromatic ring is 1. The first-order chi connectivity index (χ1) is 8.49. The lowest BCUT2D eigenvalue weighted by molar-refractivity contribution is 0.615. The molecule has 6 heteroatoms. The molecule has 0 unspecified atom stereocenters. The van der Waals surface area contributed by atoms with E-state index in [1.165, 1.54) is 16.8 Å². The summed E-state index contributed by atoms with van der Waals surface area (Å²) in [5.41, 5.74) is 6.61. The van der Waals surface area contributed by atoms with Crippen molar-refractivity contribution in [3.8, 4) is 0 Å². The molecule has 0 aliphatic carbocycles. The minimum atomic E-state index is -0.358. The van der Waals surface area contributed by atoms with Crippen molar-refractivity contribution in [2.75, 3.05) is 5.73 Å². The number of nitrogens with two attached hydrogens (primary N) is 1. The van der Waals surface area contributed by atoms with Gasteiger partial charge >= 0.3 is 0 Å². The van der Waals surface area contributed by atoms with Crippen molar-refractivity contribution < 1.29 is 4.39 Å². The van der Waals surface area contributed by atoms with E-state index < -0.39 is 0 Å². The van der Waals surface area contributed by atoms with Crippen LogP contribution < -0.4 is 11.3 Å². The standard InChI is InChI=1S/C12H9Br2FN2O/c13-9-4-8(16)6-17(12(9)18)5-7-2-1-3-10(15)11(7)14/h1-4,6H,5,16H2. The van der Waals surface area contributed by atoms with Gasteiger partial charge in [0.15, 0.2) is 0 Å². The van der Waals surface area contributed by atoms with Crippen molar-refractivity contribution in [3.63, 3.8) is 0 Å². The zero-order valence-corrected chi connectivity index (χ0v) is 12.3. The Balaban J connectivity index is 2.46. The minimum absolute atomic E-state index is 0.208. The van der Waals surface area contributed by atoms with Gasteiger partial charge in [0.05, 0.1) is 15.5 Å². The Morgan fingerprint density at radius 3 is 2.78 bits per heavy atom. The molecular weight excluding hydrogens is 367 g/mol. The van der Waals surface area contributed by atoms with E-state index >= 15 is 0 Å². The monoisotopic (exact) mass is 374 g/mol. The van der Waals surface area contributed by atoms with Crippen LogP contribution in [0.3, 0.4) is 0 Å². The van der Waals surface area contributed by atoms with Gasteiger partial charge in [-0.25, -0.2) is 4.39 Å². The molecule has 0 saturated heterocycles. The lowest BCUT2D eigenvalue weighted by Crippen LogP contribution is -2.21. The summed E-state index contributed by atoms with van der Waals surface area (Å²) in [4.78, 5) is 11.9. The summed E-state index contributed by atoms with van der Waals surface area (Å²) in [6, 6.07) is 6.24. The molecule has 2 rings (SSSR count). The van der Waals surface area contributed by atoms with E-state index in [1.807, 2.05) is 0 Å². The SMILES string of the molecule is Nc1cc(Br)c(=O)n(Cc2cccc(F)c2Br)c1. The van der Waals surface area contributed by atoms with Crippen molar-refractivity contribution in [3.05, 3.63) is 61.1 Å². The number of anilines is 1. The van der Waals surface area contributed by atoms with Gasteiger partial charge in [-0.2, -0.15) is 0 Å². The van der Waals surface area contributed by atoms with Gasteiger partial charge in [-0.3, -0.25) is 4.79 Å². The Bertz CT molecular complexity index is 655. The topological polar surface area (TPSA) is 48.0 Å². The normalized spacial score (nSPS) is 10.6. The highest BCUT2D eigenvalue weighted by Gasteiger charge is 2.08. The fourth-order valence-electron chi connectivity index (χ4n) is 1.59. The zero-order valence-electron chi connectivity index (χ0n) is 9.16. The summed E-state index contributed by atoms with van der Waals surface area (Å²) in [6.07, 6.45) is 1.53. The highest BCUT2D eigenvalue weighted by atomic mass is 79.9. The Morgan fingerprint density at radius 1 is 1.33 bits per heavy atom. The Kier molecular flexibility index (Phi) is 3.87. The van der Waals surface area contributed by atoms with E-state index in [0.717, 1.165) is 0 Å². The van der Waals surface area contributed by atoms with Crippen LogP contribution in [0.15, 0.2) is 44.2 Å². The first-order valence-electron chi connectivity index (χ1n) is 5.07. The third-order valence-corrected chi connectivity index (χ3v) is 3.89. The molecule has 0 spiro atoms. The van der Waals surface area contributed by atoms with Gasteiger partial charge in [0.25, 0.3) is 5.56 Å². The second-order valence-electron chi connectivity index (χ2n) is 3.77. The van der Waals surface area contributed by atoms with Gasteiger partial charge < -0.3 is 10.3 Å². The molecule has 94 valence electrons. The Hall–Kier alpha value is -1.14. The number of hydrogen-bond acceptors (Lipinski definition) is 2. The van der Waals surface area contributed by atoms with Crippen molar-refractivity contribution in [2.24, 2.45) is 0 Å². The summed E-state index contributed by atoms with van der Waals surface area (Å²) in [5.74, 6) is -0.358. The van der Waals surface area contributed by atoms with E-state index in [2.05, 4.69) is 31.9 Å². The quantitative estimate of drug-likeness (QED) is 0.876. The van der Waals surface area contributed by atoms with Crippen molar-refractivity contribution in [2.45, 2.75) is 6.54 Å². The zero-order chi connectivity index (χ0) is 13.3. The molecule has 18 heavy (non-hydrogen) atoms. The Morgan fingerprint density at radius 2 is 2.06 bits per heavy atom. The highest BCUT2D eigenvalue weighted by Crippen LogP contribution is 2.21. The molecule has 0 atom stereocenters. The van der Waals surface area contributed by atoms with Gasteiger partial charge in [-0.1, -0.05) is 12.1 Å². The van der Waals surface area contributed by atoms with Crippen LogP contribution >= 0.6 is 31.9 Å². The molecule has 1 aromatic carbocycles. The van der Waals surface area contributed by atoms with Crippen LogP contribution in [-0.4, -0.2) is 4.57 Å². The second kappa shape index (κ2) is 5.24. The van der Waals surface area contributed by atoms with E-state index in [9.17, 15) is 9.18 Å². The molecular formula is C12H9Br2FN2O. The van der Waals surface area contributed by atoms with Crippen LogP contribution in [0.1, 0.15) is 5.56 Å². The summed E-state index contributed by atoms with van der Waals surface area (Å²) >= 11 is 6.31. The number of nitrogens with zero attached hydrogens (tertiary/aromatic N) is 1. The summed E-state index contributed by atoms with van der Waals surface area (Å²) < 4.78 is 15.5. The fourth-order valence-corrected chi connectivity index (χ4v) is 2.47. The molecule has 2 N–H and O–H groups in total. The fraction of sp³-hybridized carbons (Fsp3) is 0.0833. The summed E-state index contributed by atoms with van der Waals surface area (Å²) in [6.45, 7) is 0.251. The van der Waals surface area contributed by atoms with E-state index in [0.29, 0.717) is 20.2 Å². The molecule has 0 saturated carbocycles. The van der Waals surface area contributed by atoms with Gasteiger partial charge in [0.1, 0.15) is 5.82 Å². The molecule has 0 amide bonds. The minimum Gasteiger partial charge on any atom is -0.398 e. The van der Waals surface area contributed by atoms with Crippen LogP contribution in [0, 0.1) is 5.82 Å². The maximum Gasteiger partial charge on any atom is 0.265 e. The van der Waals surface area contributed by atoms with Gasteiger partial charge in [0.2, 0.25) is 0 Å². The molecule has 0 bridgehead atoms. The number of rotatable bonds is 2. The van der Waals surface area contributed by atoms with Crippen LogP contribution in [0.2, 0.25) is 0 Å². The highest BCUT2D eigenvalue weighted by molar-refractivity contribution is 9.10. The van der Waals surface area contributed by atoms with Crippen molar-refractivity contribution in [1.82, 2.24) is 4.57 Å². The van der Waals surface area contributed by atoms with Gasteiger partial charge in [-0.05, 0) is 49.6 Å². The Labute approximate surface area is 120 Å². The summed E-state index contributed by atoms with van der Waals surface area (Å²) in [7, 11) is 0. The predicted octanol–water partition coefficient (Wildman–Crippen LogP) is 3.14. The van der Waals surface area contributed by atoms with Gasteiger partial charge in [0, 0.05) is 11.9 Å². The number of halogens is 3. The third kappa shape index (κ3) is 2.64. The van der Waals surface area contributed by atoms with E-state index in [-0.39, 0.29) is 17.9 Å². The molecule has 1 heterocycles. The number of benzene rings is 1. The third-order valence-electron chi connectivity index (χ3n) is 2.44. The van der Waals surface area contributed by atoms with Crippen LogP contribution in [-0.2, 0) is 6.54 Å². The first kappa shape index (κ1) is 13.3. The van der Waals surface area contributed by atoms with Crippen LogP contribution in [0.4, 0.5) is 10.1 Å². The van der Waals surface area contributed by atoms with E-state index in [1.54, 1.807) is 18.2 Å². The summed E-state index contributed by atoms with van der Waals surface area (Å²) in [5, 5.41) is 0. The average Bonchev–Trinajstić information content (AvgIpc) is 2.31. The van der Waals surface area contributed by atoms with Crippen LogP contribution in [0.25, 0.3) is 0 Å².